The predicted molar refractivity (Wildman–Crippen MR) is 102 cm³/mol. The zero-order valence-electron chi connectivity index (χ0n) is 13.9. The van der Waals surface area contributed by atoms with Crippen LogP contribution in [0.1, 0.15) is 34.5 Å². The Kier molecular flexibility index (Phi) is 7.73. The first-order valence-electron chi connectivity index (χ1n) is 7.60. The minimum Gasteiger partial charge on any atom is -0.459 e. The van der Waals surface area contributed by atoms with Gasteiger partial charge >= 0.3 is 0 Å². The largest absolute Gasteiger partial charge is 0.459 e. The Hall–Kier alpha value is -1.08. The Morgan fingerprint density at radius 1 is 1.38 bits per heavy atom. The Morgan fingerprint density at radius 3 is 2.75 bits per heavy atom. The third-order valence-electron chi connectivity index (χ3n) is 4.06. The number of nitrogens with one attached hydrogen (secondary N) is 2. The van der Waals surface area contributed by atoms with Crippen LogP contribution in [0.5, 0.6) is 0 Å². The van der Waals surface area contributed by atoms with Gasteiger partial charge in [0.2, 0.25) is 0 Å². The minimum absolute atomic E-state index is 0. The van der Waals surface area contributed by atoms with Crippen molar-refractivity contribution >= 4 is 42.1 Å². The molecule has 1 aliphatic rings. The number of nitrogens with zero attached hydrogens (tertiary/aromatic N) is 1. The van der Waals surface area contributed by atoms with Gasteiger partial charge in [-0.1, -0.05) is 6.92 Å². The maximum absolute atomic E-state index is 12.5. The molecule has 0 radical (unpaired) electrons. The average molecular weight is 392 g/mol. The van der Waals surface area contributed by atoms with Crippen LogP contribution in [0.4, 0.5) is 0 Å². The van der Waals surface area contributed by atoms with E-state index < -0.39 is 0 Å². The van der Waals surface area contributed by atoms with Crippen molar-refractivity contribution in [1.29, 1.82) is 0 Å². The standard InChI is InChI=1S/C16H21N3O2S.2ClH/c1-9-8-17-7-6-12(9)19-15(20)14-11(3)18-16(22-14)13-5-4-10(2)21-13;;/h4-5,9,12,17H,6-8H2,1-3H3,(H,19,20);2*1H. The molecular formula is C16H23Cl2N3O2S. The van der Waals surface area contributed by atoms with Gasteiger partial charge in [0.15, 0.2) is 10.8 Å². The number of hydrogen-bond acceptors (Lipinski definition) is 5. The van der Waals surface area contributed by atoms with Gasteiger partial charge in [0.25, 0.3) is 5.91 Å². The van der Waals surface area contributed by atoms with Crippen LogP contribution in [-0.2, 0) is 0 Å². The van der Waals surface area contributed by atoms with Crippen molar-refractivity contribution in [3.05, 3.63) is 28.5 Å². The summed E-state index contributed by atoms with van der Waals surface area (Å²) < 4.78 is 5.59. The molecule has 2 aromatic heterocycles. The van der Waals surface area contributed by atoms with Crippen LogP contribution in [-0.4, -0.2) is 30.0 Å². The fourth-order valence-corrected chi connectivity index (χ4v) is 3.66. The summed E-state index contributed by atoms with van der Waals surface area (Å²) in [7, 11) is 0. The molecule has 2 aromatic rings. The molecule has 1 saturated heterocycles. The third-order valence-corrected chi connectivity index (χ3v) is 5.23. The lowest BCUT2D eigenvalue weighted by atomic mass is 9.95. The molecule has 2 atom stereocenters. The van der Waals surface area contributed by atoms with Crippen molar-refractivity contribution in [1.82, 2.24) is 15.6 Å². The molecule has 0 saturated carbocycles. The van der Waals surface area contributed by atoms with Crippen LogP contribution in [0.3, 0.4) is 0 Å². The van der Waals surface area contributed by atoms with E-state index in [-0.39, 0.29) is 36.8 Å². The highest BCUT2D eigenvalue weighted by Gasteiger charge is 2.25. The number of piperidine rings is 1. The summed E-state index contributed by atoms with van der Waals surface area (Å²) in [5, 5.41) is 7.26. The number of halogens is 2. The van der Waals surface area contributed by atoms with E-state index in [4.69, 9.17) is 4.42 Å². The van der Waals surface area contributed by atoms with Gasteiger partial charge in [0, 0.05) is 6.04 Å². The minimum atomic E-state index is -0.0247. The number of aryl methyl sites for hydroxylation is 2. The second kappa shape index (κ2) is 8.85. The first kappa shape index (κ1) is 21.0. The molecule has 8 heteroatoms. The molecule has 1 aliphatic heterocycles. The summed E-state index contributed by atoms with van der Waals surface area (Å²) >= 11 is 1.39. The zero-order valence-corrected chi connectivity index (χ0v) is 16.4. The molecule has 0 bridgehead atoms. The topological polar surface area (TPSA) is 67.2 Å². The van der Waals surface area contributed by atoms with E-state index >= 15 is 0 Å². The maximum Gasteiger partial charge on any atom is 0.263 e. The molecule has 5 nitrogen and oxygen atoms in total. The van der Waals surface area contributed by atoms with Crippen LogP contribution in [0.15, 0.2) is 16.5 Å². The summed E-state index contributed by atoms with van der Waals surface area (Å²) in [5.74, 6) is 1.98. The van der Waals surface area contributed by atoms with Gasteiger partial charge in [-0.25, -0.2) is 4.98 Å². The Labute approximate surface area is 158 Å². The Morgan fingerprint density at radius 2 is 2.12 bits per heavy atom. The molecule has 1 fully saturated rings. The molecule has 0 aromatic carbocycles. The van der Waals surface area contributed by atoms with E-state index in [0.717, 1.165) is 41.7 Å². The van der Waals surface area contributed by atoms with Crippen LogP contribution in [0.2, 0.25) is 0 Å². The van der Waals surface area contributed by atoms with Crippen LogP contribution in [0, 0.1) is 19.8 Å². The van der Waals surface area contributed by atoms with Crippen LogP contribution in [0.25, 0.3) is 10.8 Å². The van der Waals surface area contributed by atoms with Crippen LogP contribution < -0.4 is 10.6 Å². The van der Waals surface area contributed by atoms with Crippen molar-refractivity contribution in [2.45, 2.75) is 33.2 Å². The number of aromatic nitrogens is 1. The van der Waals surface area contributed by atoms with Crippen molar-refractivity contribution in [2.75, 3.05) is 13.1 Å². The third kappa shape index (κ3) is 4.51. The zero-order chi connectivity index (χ0) is 15.7. The van der Waals surface area contributed by atoms with Gasteiger partial charge in [-0.15, -0.1) is 36.2 Å². The fourth-order valence-electron chi connectivity index (χ4n) is 2.72. The normalized spacial score (nSPS) is 20.0. The lowest BCUT2D eigenvalue weighted by Crippen LogP contribution is -2.48. The monoisotopic (exact) mass is 391 g/mol. The number of carbonyl (C=O) groups is 1. The highest BCUT2D eigenvalue weighted by atomic mass is 35.5. The highest BCUT2D eigenvalue weighted by Crippen LogP contribution is 2.29. The smallest absolute Gasteiger partial charge is 0.263 e. The van der Waals surface area contributed by atoms with Crippen molar-refractivity contribution in [2.24, 2.45) is 5.92 Å². The summed E-state index contributed by atoms with van der Waals surface area (Å²) in [6.07, 6.45) is 0.967. The molecule has 3 heterocycles. The summed E-state index contributed by atoms with van der Waals surface area (Å²) in [5.41, 5.74) is 0.758. The van der Waals surface area contributed by atoms with Gasteiger partial charge < -0.3 is 15.1 Å². The summed E-state index contributed by atoms with van der Waals surface area (Å²) in [6, 6.07) is 4.02. The van der Waals surface area contributed by atoms with Gasteiger partial charge in [-0.2, -0.15) is 0 Å². The first-order valence-corrected chi connectivity index (χ1v) is 8.42. The predicted octanol–water partition coefficient (Wildman–Crippen LogP) is 3.59. The second-order valence-electron chi connectivity index (χ2n) is 5.89. The van der Waals surface area contributed by atoms with E-state index in [1.807, 2.05) is 26.0 Å². The number of rotatable bonds is 3. The Bertz CT molecular complexity index is 687. The molecule has 24 heavy (non-hydrogen) atoms. The second-order valence-corrected chi connectivity index (χ2v) is 6.89. The molecule has 2 unspecified atom stereocenters. The van der Waals surface area contributed by atoms with E-state index in [0.29, 0.717) is 10.8 Å². The number of hydrogen-bond donors (Lipinski definition) is 2. The number of furan rings is 1. The lowest BCUT2D eigenvalue weighted by molar-refractivity contribution is 0.0917. The quantitative estimate of drug-likeness (QED) is 0.838. The summed E-state index contributed by atoms with van der Waals surface area (Å²) in [4.78, 5) is 17.7. The SMILES string of the molecule is Cc1ccc(-c2nc(C)c(C(=O)NC3CCNCC3C)s2)o1.Cl.Cl. The van der Waals surface area contributed by atoms with Gasteiger partial charge in [0.1, 0.15) is 10.6 Å². The molecule has 2 N–H and O–H groups in total. The van der Waals surface area contributed by atoms with Crippen molar-refractivity contribution < 1.29 is 9.21 Å². The molecule has 3 rings (SSSR count). The molecule has 0 spiro atoms. The van der Waals surface area contributed by atoms with E-state index in [9.17, 15) is 4.79 Å². The average Bonchev–Trinajstić information content (AvgIpc) is 3.07. The van der Waals surface area contributed by atoms with E-state index in [1.54, 1.807) is 0 Å². The molecule has 0 aliphatic carbocycles. The number of thiazole rings is 1. The first-order chi connectivity index (χ1) is 10.5. The van der Waals surface area contributed by atoms with E-state index in [2.05, 4.69) is 22.5 Å². The molecule has 134 valence electrons. The maximum atomic E-state index is 12.5. The number of amides is 1. The molecular weight excluding hydrogens is 369 g/mol. The number of carbonyl (C=O) groups excluding carboxylic acids is 1. The lowest BCUT2D eigenvalue weighted by Gasteiger charge is -2.30. The van der Waals surface area contributed by atoms with Gasteiger partial charge in [-0.3, -0.25) is 4.79 Å². The highest BCUT2D eigenvalue weighted by molar-refractivity contribution is 7.17. The van der Waals surface area contributed by atoms with E-state index in [1.165, 1.54) is 11.3 Å². The van der Waals surface area contributed by atoms with Crippen molar-refractivity contribution in [3.63, 3.8) is 0 Å². The van der Waals surface area contributed by atoms with Crippen LogP contribution >= 0.6 is 36.2 Å². The summed E-state index contributed by atoms with van der Waals surface area (Å²) in [6.45, 7) is 7.83. The van der Waals surface area contributed by atoms with Gasteiger partial charge in [-0.05, 0) is 51.4 Å². The Balaban J connectivity index is 0.00000144. The van der Waals surface area contributed by atoms with Crippen molar-refractivity contribution in [3.8, 4) is 10.8 Å². The molecule has 1 amide bonds. The fraction of sp³-hybridized carbons (Fsp3) is 0.500. The van der Waals surface area contributed by atoms with Gasteiger partial charge in [0.05, 0.1) is 5.69 Å².